The van der Waals surface area contributed by atoms with E-state index in [1.165, 1.54) is 0 Å². The Morgan fingerprint density at radius 1 is 1.40 bits per heavy atom. The van der Waals surface area contributed by atoms with Crippen LogP contribution in [0.25, 0.3) is 0 Å². The van der Waals surface area contributed by atoms with Gasteiger partial charge in [0.1, 0.15) is 0 Å². The van der Waals surface area contributed by atoms with Crippen LogP contribution in [0.1, 0.15) is 39.5 Å². The predicted octanol–water partition coefficient (Wildman–Crippen LogP) is 2.53. The number of carboxylic acid groups (broad SMARTS) is 1. The van der Waals surface area contributed by atoms with Crippen LogP contribution < -0.4 is 0 Å². The Balaban J connectivity index is 4.34. The van der Waals surface area contributed by atoms with Gasteiger partial charge in [0.05, 0.1) is 6.54 Å². The number of carboxylic acids is 1. The molecule has 0 aliphatic carbocycles. The van der Waals surface area contributed by atoms with Crippen LogP contribution in [0.2, 0.25) is 0 Å². The van der Waals surface area contributed by atoms with E-state index in [0.717, 1.165) is 25.7 Å². The summed E-state index contributed by atoms with van der Waals surface area (Å²) in [6.07, 6.45) is 6.10. The highest BCUT2D eigenvalue weighted by atomic mass is 16.4. The van der Waals surface area contributed by atoms with E-state index in [2.05, 4.69) is 20.4 Å². The average Bonchev–Trinajstić information content (AvgIpc) is 2.16. The van der Waals surface area contributed by atoms with Crippen LogP contribution in [0.3, 0.4) is 0 Å². The molecular weight excluding hydrogens is 190 g/mol. The van der Waals surface area contributed by atoms with Gasteiger partial charge in [-0.3, -0.25) is 9.69 Å². The summed E-state index contributed by atoms with van der Waals surface area (Å²) in [5.74, 6) is -0.756. The number of aliphatic carboxylic acids is 1. The normalized spacial score (nSPS) is 10.9. The highest BCUT2D eigenvalue weighted by molar-refractivity contribution is 5.69. The van der Waals surface area contributed by atoms with Gasteiger partial charge in [0.25, 0.3) is 0 Å². The van der Waals surface area contributed by atoms with E-state index in [0.29, 0.717) is 12.6 Å². The van der Waals surface area contributed by atoms with Crippen LogP contribution in [0, 0.1) is 0 Å². The third kappa shape index (κ3) is 6.28. The molecule has 0 amide bonds. The summed E-state index contributed by atoms with van der Waals surface area (Å²) in [6, 6.07) is 0.383. The standard InChI is InChI=1S/C12H23NO2/c1-4-7-11(8-5-2)13(9-6-3)10-12(14)15/h6,11H,3-5,7-10H2,1-2H3,(H,14,15). The largest absolute Gasteiger partial charge is 0.480 e. The molecule has 0 rings (SSSR count). The van der Waals surface area contributed by atoms with E-state index < -0.39 is 5.97 Å². The first-order chi connectivity index (χ1) is 7.15. The molecule has 0 aromatic carbocycles. The van der Waals surface area contributed by atoms with Crippen molar-refractivity contribution in [3.8, 4) is 0 Å². The fourth-order valence-electron chi connectivity index (χ4n) is 1.86. The van der Waals surface area contributed by atoms with Crippen LogP contribution >= 0.6 is 0 Å². The van der Waals surface area contributed by atoms with E-state index in [1.807, 2.05) is 4.90 Å². The van der Waals surface area contributed by atoms with Crippen LogP contribution in [-0.2, 0) is 4.79 Å². The number of hydrogen-bond acceptors (Lipinski definition) is 2. The van der Waals surface area contributed by atoms with Crippen molar-refractivity contribution in [2.45, 2.75) is 45.6 Å². The maximum absolute atomic E-state index is 10.7. The van der Waals surface area contributed by atoms with Gasteiger partial charge in [0, 0.05) is 12.6 Å². The molecule has 0 atom stereocenters. The van der Waals surface area contributed by atoms with Crippen molar-refractivity contribution in [1.82, 2.24) is 4.90 Å². The smallest absolute Gasteiger partial charge is 0.317 e. The Morgan fingerprint density at radius 3 is 2.27 bits per heavy atom. The summed E-state index contributed by atoms with van der Waals surface area (Å²) >= 11 is 0. The summed E-state index contributed by atoms with van der Waals surface area (Å²) in [6.45, 7) is 8.73. The molecule has 0 saturated carbocycles. The maximum atomic E-state index is 10.7. The third-order valence-electron chi connectivity index (χ3n) is 2.46. The Hall–Kier alpha value is -0.830. The summed E-state index contributed by atoms with van der Waals surface area (Å²) in [7, 11) is 0. The molecule has 3 heteroatoms. The molecule has 0 heterocycles. The van der Waals surface area contributed by atoms with Crippen molar-refractivity contribution in [1.29, 1.82) is 0 Å². The highest BCUT2D eigenvalue weighted by Crippen LogP contribution is 2.13. The topological polar surface area (TPSA) is 40.5 Å². The lowest BCUT2D eigenvalue weighted by molar-refractivity contribution is -0.138. The molecular formula is C12H23NO2. The van der Waals surface area contributed by atoms with E-state index >= 15 is 0 Å². The first-order valence-corrected chi connectivity index (χ1v) is 5.72. The molecule has 88 valence electrons. The Kier molecular flexibility index (Phi) is 8.01. The maximum Gasteiger partial charge on any atom is 0.317 e. The first-order valence-electron chi connectivity index (χ1n) is 5.72. The molecule has 0 aromatic heterocycles. The van der Waals surface area contributed by atoms with Gasteiger partial charge in [-0.05, 0) is 12.8 Å². The highest BCUT2D eigenvalue weighted by Gasteiger charge is 2.17. The van der Waals surface area contributed by atoms with E-state index in [-0.39, 0.29) is 6.54 Å². The fraction of sp³-hybridized carbons (Fsp3) is 0.750. The zero-order valence-corrected chi connectivity index (χ0v) is 9.91. The van der Waals surface area contributed by atoms with Gasteiger partial charge in [-0.25, -0.2) is 0 Å². The minimum Gasteiger partial charge on any atom is -0.480 e. The van der Waals surface area contributed by atoms with Gasteiger partial charge in [-0.2, -0.15) is 0 Å². The molecule has 1 N–H and O–H groups in total. The number of rotatable bonds is 9. The van der Waals surface area contributed by atoms with Gasteiger partial charge < -0.3 is 5.11 Å². The lowest BCUT2D eigenvalue weighted by Crippen LogP contribution is -2.39. The second kappa shape index (κ2) is 8.48. The number of nitrogens with zero attached hydrogens (tertiary/aromatic N) is 1. The third-order valence-corrected chi connectivity index (χ3v) is 2.46. The summed E-state index contributed by atoms with van der Waals surface area (Å²) in [4.78, 5) is 12.7. The second-order valence-corrected chi connectivity index (χ2v) is 3.84. The summed E-state index contributed by atoms with van der Waals surface area (Å²) in [5, 5.41) is 8.82. The van der Waals surface area contributed by atoms with Crippen molar-refractivity contribution in [3.05, 3.63) is 12.7 Å². The minimum absolute atomic E-state index is 0.122. The molecule has 0 radical (unpaired) electrons. The lowest BCUT2D eigenvalue weighted by Gasteiger charge is -2.29. The van der Waals surface area contributed by atoms with Gasteiger partial charge >= 0.3 is 5.97 Å². The molecule has 0 spiro atoms. The van der Waals surface area contributed by atoms with Crippen molar-refractivity contribution < 1.29 is 9.90 Å². The first kappa shape index (κ1) is 14.2. The van der Waals surface area contributed by atoms with Gasteiger partial charge in [-0.15, -0.1) is 6.58 Å². The predicted molar refractivity (Wildman–Crippen MR) is 63.0 cm³/mol. The molecule has 0 unspecified atom stereocenters. The van der Waals surface area contributed by atoms with Crippen molar-refractivity contribution in [3.63, 3.8) is 0 Å². The molecule has 0 fully saturated rings. The molecule has 0 aliphatic rings. The van der Waals surface area contributed by atoms with Gasteiger partial charge in [0.2, 0.25) is 0 Å². The lowest BCUT2D eigenvalue weighted by atomic mass is 10.0. The van der Waals surface area contributed by atoms with Crippen molar-refractivity contribution in [2.75, 3.05) is 13.1 Å². The van der Waals surface area contributed by atoms with Gasteiger partial charge in [-0.1, -0.05) is 32.8 Å². The molecule has 0 saturated heterocycles. The van der Waals surface area contributed by atoms with E-state index in [9.17, 15) is 4.79 Å². The monoisotopic (exact) mass is 213 g/mol. The molecule has 0 aliphatic heterocycles. The summed E-state index contributed by atoms with van der Waals surface area (Å²) in [5.41, 5.74) is 0. The molecule has 3 nitrogen and oxygen atoms in total. The van der Waals surface area contributed by atoms with Crippen LogP contribution in [-0.4, -0.2) is 35.1 Å². The Bertz CT molecular complexity index is 186. The summed E-state index contributed by atoms with van der Waals surface area (Å²) < 4.78 is 0. The van der Waals surface area contributed by atoms with Crippen LogP contribution in [0.15, 0.2) is 12.7 Å². The SMILES string of the molecule is C=CCN(CC(=O)O)C(CCC)CCC. The zero-order chi connectivity index (χ0) is 11.7. The van der Waals surface area contributed by atoms with Crippen molar-refractivity contribution in [2.24, 2.45) is 0 Å². The van der Waals surface area contributed by atoms with Crippen LogP contribution in [0.4, 0.5) is 0 Å². The molecule has 0 bridgehead atoms. The van der Waals surface area contributed by atoms with Crippen LogP contribution in [0.5, 0.6) is 0 Å². The average molecular weight is 213 g/mol. The quantitative estimate of drug-likeness (QED) is 0.598. The molecule has 15 heavy (non-hydrogen) atoms. The van der Waals surface area contributed by atoms with Gasteiger partial charge in [0.15, 0.2) is 0 Å². The van der Waals surface area contributed by atoms with Crippen molar-refractivity contribution >= 4 is 5.97 Å². The molecule has 0 aromatic rings. The Labute approximate surface area is 92.8 Å². The fourth-order valence-corrected chi connectivity index (χ4v) is 1.86. The zero-order valence-electron chi connectivity index (χ0n) is 9.91. The Morgan fingerprint density at radius 2 is 1.93 bits per heavy atom. The van der Waals surface area contributed by atoms with E-state index in [1.54, 1.807) is 6.08 Å². The number of carbonyl (C=O) groups is 1. The number of hydrogen-bond donors (Lipinski definition) is 1. The van der Waals surface area contributed by atoms with E-state index in [4.69, 9.17) is 5.11 Å². The minimum atomic E-state index is -0.756. The second-order valence-electron chi connectivity index (χ2n) is 3.84.